The number of nitrogens with zero attached hydrogens (tertiary/aromatic N) is 1. The van der Waals surface area contributed by atoms with E-state index in [1.54, 1.807) is 0 Å². The van der Waals surface area contributed by atoms with E-state index in [9.17, 15) is 8.78 Å². The molecular weight excluding hydrogens is 198 g/mol. The van der Waals surface area contributed by atoms with E-state index in [2.05, 4.69) is 4.90 Å². The minimum absolute atomic E-state index is 0.419. The van der Waals surface area contributed by atoms with E-state index in [4.69, 9.17) is 5.73 Å². The maximum Gasteiger partial charge on any atom is 0.129 e. The zero-order chi connectivity index (χ0) is 10.8. The van der Waals surface area contributed by atoms with Crippen LogP contribution in [0.5, 0.6) is 0 Å². The van der Waals surface area contributed by atoms with Gasteiger partial charge in [-0.15, -0.1) is 0 Å². The predicted molar refractivity (Wildman–Crippen MR) is 54.4 cm³/mol. The first-order valence-electron chi connectivity index (χ1n) is 5.10. The molecule has 1 aliphatic heterocycles. The molecule has 15 heavy (non-hydrogen) atoms. The van der Waals surface area contributed by atoms with Crippen molar-refractivity contribution in [3.05, 3.63) is 34.9 Å². The van der Waals surface area contributed by atoms with Crippen molar-refractivity contribution >= 4 is 0 Å². The second-order valence-electron chi connectivity index (χ2n) is 3.84. The topological polar surface area (TPSA) is 29.3 Å². The second kappa shape index (κ2) is 4.24. The van der Waals surface area contributed by atoms with Gasteiger partial charge in [0.1, 0.15) is 11.6 Å². The van der Waals surface area contributed by atoms with Crippen LogP contribution >= 0.6 is 0 Å². The zero-order valence-electron chi connectivity index (χ0n) is 8.47. The summed E-state index contributed by atoms with van der Waals surface area (Å²) < 4.78 is 26.3. The average molecular weight is 212 g/mol. The molecule has 1 aliphatic rings. The lowest BCUT2D eigenvalue weighted by Gasteiger charge is -2.28. The molecule has 0 radical (unpaired) electrons. The third kappa shape index (κ3) is 2.16. The fourth-order valence-electron chi connectivity index (χ4n) is 2.04. The van der Waals surface area contributed by atoms with Crippen molar-refractivity contribution in [2.45, 2.75) is 13.0 Å². The van der Waals surface area contributed by atoms with Crippen LogP contribution in [0.3, 0.4) is 0 Å². The van der Waals surface area contributed by atoms with E-state index in [0.717, 1.165) is 24.7 Å². The van der Waals surface area contributed by atoms with E-state index in [1.807, 2.05) is 0 Å². The van der Waals surface area contributed by atoms with Crippen molar-refractivity contribution in [1.29, 1.82) is 0 Å². The molecule has 0 fully saturated rings. The first-order valence-corrected chi connectivity index (χ1v) is 5.10. The molecule has 2 nitrogen and oxygen atoms in total. The Morgan fingerprint density at radius 1 is 1.33 bits per heavy atom. The molecule has 0 aliphatic carbocycles. The number of benzene rings is 1. The van der Waals surface area contributed by atoms with Gasteiger partial charge in [0.25, 0.3) is 0 Å². The number of fused-ring (bicyclic) bond motifs is 1. The molecule has 0 spiro atoms. The third-order valence-corrected chi connectivity index (χ3v) is 2.77. The van der Waals surface area contributed by atoms with Crippen molar-refractivity contribution in [2.75, 3.05) is 19.6 Å². The SMILES string of the molecule is NCCN1CCc2c(F)cc(F)cc2C1. The van der Waals surface area contributed by atoms with Crippen molar-refractivity contribution < 1.29 is 8.78 Å². The van der Waals surface area contributed by atoms with Gasteiger partial charge < -0.3 is 5.73 Å². The number of halogens is 2. The van der Waals surface area contributed by atoms with Gasteiger partial charge in [0, 0.05) is 32.2 Å². The lowest BCUT2D eigenvalue weighted by molar-refractivity contribution is 0.258. The average Bonchev–Trinajstić information content (AvgIpc) is 2.17. The van der Waals surface area contributed by atoms with Crippen molar-refractivity contribution in [3.63, 3.8) is 0 Å². The summed E-state index contributed by atoms with van der Waals surface area (Å²) in [5.74, 6) is -0.918. The van der Waals surface area contributed by atoms with Gasteiger partial charge >= 0.3 is 0 Å². The summed E-state index contributed by atoms with van der Waals surface area (Å²) >= 11 is 0. The first kappa shape index (κ1) is 10.5. The predicted octanol–water partition coefficient (Wildman–Crippen LogP) is 1.28. The Morgan fingerprint density at radius 3 is 2.87 bits per heavy atom. The van der Waals surface area contributed by atoms with Crippen LogP contribution in [0.2, 0.25) is 0 Å². The molecular formula is C11H14F2N2. The molecule has 0 unspecified atom stereocenters. The molecule has 2 N–H and O–H groups in total. The quantitative estimate of drug-likeness (QED) is 0.800. The number of hydrogen-bond acceptors (Lipinski definition) is 2. The van der Waals surface area contributed by atoms with Crippen LogP contribution in [0.25, 0.3) is 0 Å². The Balaban J connectivity index is 2.25. The van der Waals surface area contributed by atoms with Gasteiger partial charge in [-0.05, 0) is 23.6 Å². The zero-order valence-corrected chi connectivity index (χ0v) is 8.47. The van der Waals surface area contributed by atoms with Crippen LogP contribution in [0, 0.1) is 11.6 Å². The fourth-order valence-corrected chi connectivity index (χ4v) is 2.04. The Bertz CT molecular complexity index is 366. The van der Waals surface area contributed by atoms with Gasteiger partial charge in [0.05, 0.1) is 0 Å². The molecule has 0 atom stereocenters. The van der Waals surface area contributed by atoms with Crippen molar-refractivity contribution in [1.82, 2.24) is 4.90 Å². The molecule has 82 valence electrons. The highest BCUT2D eigenvalue weighted by Gasteiger charge is 2.19. The molecule has 1 aromatic rings. The van der Waals surface area contributed by atoms with E-state index in [-0.39, 0.29) is 0 Å². The summed E-state index contributed by atoms with van der Waals surface area (Å²) in [4.78, 5) is 2.11. The van der Waals surface area contributed by atoms with E-state index >= 15 is 0 Å². The summed E-state index contributed by atoms with van der Waals surface area (Å²) in [7, 11) is 0. The van der Waals surface area contributed by atoms with E-state index in [1.165, 1.54) is 6.07 Å². The summed E-state index contributed by atoms with van der Waals surface area (Å²) in [6.07, 6.45) is 0.640. The Kier molecular flexibility index (Phi) is 2.98. The molecule has 4 heteroatoms. The molecule has 1 heterocycles. The molecule has 0 saturated heterocycles. The van der Waals surface area contributed by atoms with E-state index in [0.29, 0.717) is 25.1 Å². The minimum Gasteiger partial charge on any atom is -0.329 e. The number of hydrogen-bond donors (Lipinski definition) is 1. The van der Waals surface area contributed by atoms with Crippen molar-refractivity contribution in [3.8, 4) is 0 Å². The van der Waals surface area contributed by atoms with Gasteiger partial charge in [0.2, 0.25) is 0 Å². The molecule has 0 aromatic heterocycles. The number of nitrogens with two attached hydrogens (primary N) is 1. The summed E-state index contributed by atoms with van der Waals surface area (Å²) in [6, 6.07) is 2.37. The summed E-state index contributed by atoms with van der Waals surface area (Å²) in [6.45, 7) is 2.75. The highest BCUT2D eigenvalue weighted by atomic mass is 19.1. The highest BCUT2D eigenvalue weighted by molar-refractivity contribution is 5.31. The van der Waals surface area contributed by atoms with Gasteiger partial charge in [-0.2, -0.15) is 0 Å². The Labute approximate surface area is 87.7 Å². The largest absolute Gasteiger partial charge is 0.329 e. The lowest BCUT2D eigenvalue weighted by Crippen LogP contribution is -2.34. The Hall–Kier alpha value is -1.00. The van der Waals surface area contributed by atoms with Crippen molar-refractivity contribution in [2.24, 2.45) is 5.73 Å². The molecule has 0 bridgehead atoms. The Morgan fingerprint density at radius 2 is 2.13 bits per heavy atom. The standard InChI is InChI=1S/C11H14F2N2/c12-9-5-8-7-15(4-2-14)3-1-10(8)11(13)6-9/h5-6H,1-4,7,14H2. The van der Waals surface area contributed by atoms with Gasteiger partial charge in [-0.1, -0.05) is 0 Å². The summed E-state index contributed by atoms with van der Waals surface area (Å²) in [5, 5.41) is 0. The van der Waals surface area contributed by atoms with E-state index < -0.39 is 11.6 Å². The lowest BCUT2D eigenvalue weighted by atomic mass is 9.99. The summed E-state index contributed by atoms with van der Waals surface area (Å²) in [5.41, 5.74) is 6.86. The van der Waals surface area contributed by atoms with Gasteiger partial charge in [-0.3, -0.25) is 4.90 Å². The first-order chi connectivity index (χ1) is 7.20. The molecule has 2 rings (SSSR count). The number of rotatable bonds is 2. The van der Waals surface area contributed by atoms with Crippen LogP contribution in [-0.4, -0.2) is 24.5 Å². The van der Waals surface area contributed by atoms with Gasteiger partial charge in [-0.25, -0.2) is 8.78 Å². The molecule has 0 amide bonds. The highest BCUT2D eigenvalue weighted by Crippen LogP contribution is 2.22. The maximum absolute atomic E-state index is 13.4. The van der Waals surface area contributed by atoms with Crippen LogP contribution in [0.15, 0.2) is 12.1 Å². The van der Waals surface area contributed by atoms with Crippen LogP contribution in [-0.2, 0) is 13.0 Å². The third-order valence-electron chi connectivity index (χ3n) is 2.77. The smallest absolute Gasteiger partial charge is 0.129 e. The second-order valence-corrected chi connectivity index (χ2v) is 3.84. The molecule has 1 aromatic carbocycles. The van der Waals surface area contributed by atoms with Crippen LogP contribution in [0.1, 0.15) is 11.1 Å². The minimum atomic E-state index is -0.499. The molecule has 0 saturated carbocycles. The normalized spacial score (nSPS) is 16.5. The van der Waals surface area contributed by atoms with Crippen LogP contribution < -0.4 is 5.73 Å². The van der Waals surface area contributed by atoms with Crippen LogP contribution in [0.4, 0.5) is 8.78 Å². The van der Waals surface area contributed by atoms with Gasteiger partial charge in [0.15, 0.2) is 0 Å². The fraction of sp³-hybridized carbons (Fsp3) is 0.455. The maximum atomic E-state index is 13.4. The monoisotopic (exact) mass is 212 g/mol.